The van der Waals surface area contributed by atoms with E-state index >= 15 is 0 Å². The van der Waals surface area contributed by atoms with Crippen LogP contribution in [0.5, 0.6) is 0 Å². The smallest absolute Gasteiger partial charge is 0.0468 e. The Kier molecular flexibility index (Phi) is 7.58. The molecule has 7 aromatic carbocycles. The predicted octanol–water partition coefficient (Wildman–Crippen LogP) is 15.7. The molecule has 0 radical (unpaired) electrons. The number of anilines is 6. The van der Waals surface area contributed by atoms with Crippen molar-refractivity contribution in [1.82, 2.24) is 0 Å². The maximum absolute atomic E-state index is 2.58. The first-order valence-electron chi connectivity index (χ1n) is 22.6. The number of benzene rings is 7. The average molecular weight is 753 g/mol. The topological polar surface area (TPSA) is 6.48 Å². The molecule has 0 amide bonds. The van der Waals surface area contributed by atoms with Gasteiger partial charge in [-0.05, 0) is 228 Å². The highest BCUT2D eigenvalue weighted by atomic mass is 15.1. The van der Waals surface area contributed by atoms with Crippen LogP contribution in [0, 0.1) is 23.7 Å². The maximum atomic E-state index is 2.58. The standard InChI is InChI=1S/C56H52N2/c1-3-7-45(8-4-1)57(49-15-19-53-41-23-35-21-36(24-41)28-43(27-35)55(53)33-49)47-13-17-51-39(31-47)11-12-40-32-48(14-18-52(40)51)58(46-9-5-2-6-10-46)50-16-20-54-42-25-37-22-38(26-42)30-44(29-37)56(54)34-50/h1-20,31-38,41-44H,21-30H2/t35-,36?,37?,38?,41?,42?,43?,44?/m1/s1. The van der Waals surface area contributed by atoms with Gasteiger partial charge in [0.25, 0.3) is 0 Å². The van der Waals surface area contributed by atoms with Gasteiger partial charge < -0.3 is 9.80 Å². The minimum absolute atomic E-state index is 0.719. The Bertz CT molecular complexity index is 2500. The van der Waals surface area contributed by atoms with Crippen molar-refractivity contribution in [3.8, 4) is 0 Å². The molecular weight excluding hydrogens is 701 g/mol. The van der Waals surface area contributed by atoms with Gasteiger partial charge >= 0.3 is 0 Å². The first kappa shape index (κ1) is 33.6. The summed E-state index contributed by atoms with van der Waals surface area (Å²) in [6.45, 7) is 0. The van der Waals surface area contributed by atoms with Gasteiger partial charge in [-0.1, -0.05) is 72.8 Å². The van der Waals surface area contributed by atoms with Crippen LogP contribution in [0.15, 0.2) is 146 Å². The van der Waals surface area contributed by atoms with E-state index in [9.17, 15) is 0 Å². The van der Waals surface area contributed by atoms with Crippen LogP contribution < -0.4 is 9.80 Å². The van der Waals surface area contributed by atoms with Gasteiger partial charge in [0.1, 0.15) is 0 Å². The molecule has 2 nitrogen and oxygen atoms in total. The molecule has 5 unspecified atom stereocenters. The summed E-state index contributed by atoms with van der Waals surface area (Å²) in [7, 11) is 0. The number of para-hydroxylation sites is 2. The van der Waals surface area contributed by atoms with Crippen LogP contribution in [0.3, 0.4) is 0 Å². The maximum Gasteiger partial charge on any atom is 0.0468 e. The van der Waals surface area contributed by atoms with Crippen LogP contribution >= 0.6 is 0 Å². The second-order valence-corrected chi connectivity index (χ2v) is 19.5. The number of hydrogen-bond acceptors (Lipinski definition) is 2. The molecule has 8 aliphatic carbocycles. The van der Waals surface area contributed by atoms with Crippen molar-refractivity contribution < 1.29 is 0 Å². The van der Waals surface area contributed by atoms with Crippen LogP contribution in [0.2, 0.25) is 0 Å². The van der Waals surface area contributed by atoms with Crippen LogP contribution in [0.25, 0.3) is 21.5 Å². The first-order chi connectivity index (χ1) is 28.6. The molecule has 0 aliphatic heterocycles. The Labute approximate surface area is 343 Å². The molecule has 8 bridgehead atoms. The summed E-state index contributed by atoms with van der Waals surface area (Å²) < 4.78 is 0. The predicted molar refractivity (Wildman–Crippen MR) is 242 cm³/mol. The summed E-state index contributed by atoms with van der Waals surface area (Å²) in [4.78, 5) is 5.00. The second kappa shape index (κ2) is 13.1. The molecule has 0 heterocycles. The fraction of sp³-hybridized carbons (Fsp3) is 0.321. The molecule has 0 N–H and O–H groups in total. The van der Waals surface area contributed by atoms with E-state index in [1.807, 2.05) is 0 Å². The third kappa shape index (κ3) is 5.43. The number of hydrogen-bond donors (Lipinski definition) is 0. The van der Waals surface area contributed by atoms with Crippen LogP contribution in [-0.2, 0) is 0 Å². The zero-order chi connectivity index (χ0) is 37.9. The fourth-order valence-corrected chi connectivity index (χ4v) is 13.9. The molecule has 0 aromatic heterocycles. The molecule has 58 heavy (non-hydrogen) atoms. The van der Waals surface area contributed by atoms with Gasteiger partial charge in [0.15, 0.2) is 0 Å². The first-order valence-corrected chi connectivity index (χ1v) is 22.6. The largest absolute Gasteiger partial charge is 0.310 e. The summed E-state index contributed by atoms with van der Waals surface area (Å²) in [5.74, 6) is 6.65. The molecule has 286 valence electrons. The zero-order valence-electron chi connectivity index (χ0n) is 33.4. The van der Waals surface area contributed by atoms with Crippen LogP contribution in [0.1, 0.15) is 110 Å². The second-order valence-electron chi connectivity index (χ2n) is 19.5. The van der Waals surface area contributed by atoms with Gasteiger partial charge in [0, 0.05) is 34.1 Å². The van der Waals surface area contributed by atoms with Crippen molar-refractivity contribution in [2.45, 2.75) is 87.9 Å². The Morgan fingerprint density at radius 3 is 1.02 bits per heavy atom. The number of nitrogens with zero attached hydrogens (tertiary/aromatic N) is 2. The minimum atomic E-state index is 0.719. The average Bonchev–Trinajstić information content (AvgIpc) is 3.53. The lowest BCUT2D eigenvalue weighted by Crippen LogP contribution is -2.25. The third-order valence-corrected chi connectivity index (χ3v) is 16.0. The molecule has 15 rings (SSSR count). The van der Waals surface area contributed by atoms with Crippen molar-refractivity contribution in [1.29, 1.82) is 0 Å². The molecular formula is C56H52N2. The SMILES string of the molecule is c1ccc(N(c2ccc3c(c2)C2CC4CC(CC3C4)C2)c2ccc3c(ccc4cc(N(c5ccccc5)c5ccc6c(c5)C5CC7CC6C[C@@H](C7)C5)ccc43)c2)cc1. The summed E-state index contributed by atoms with van der Waals surface area (Å²) in [5, 5.41) is 5.16. The Hall–Kier alpha value is -5.34. The summed E-state index contributed by atoms with van der Waals surface area (Å²) >= 11 is 0. The third-order valence-electron chi connectivity index (χ3n) is 16.0. The fourth-order valence-electron chi connectivity index (χ4n) is 13.9. The molecule has 8 aliphatic rings. The Morgan fingerprint density at radius 1 is 0.276 bits per heavy atom. The molecule has 4 saturated carbocycles. The quantitative estimate of drug-likeness (QED) is 0.156. The van der Waals surface area contributed by atoms with Gasteiger partial charge in [0.2, 0.25) is 0 Å². The summed E-state index contributed by atoms with van der Waals surface area (Å²) in [5.41, 5.74) is 14.0. The van der Waals surface area contributed by atoms with E-state index in [1.165, 1.54) is 120 Å². The lowest BCUT2D eigenvalue weighted by Gasteiger charge is -2.38. The minimum Gasteiger partial charge on any atom is -0.310 e. The van der Waals surface area contributed by atoms with Gasteiger partial charge in [-0.2, -0.15) is 0 Å². The summed E-state index contributed by atoms with van der Waals surface area (Å²) in [6, 6.07) is 56.1. The van der Waals surface area contributed by atoms with Crippen molar-refractivity contribution in [3.63, 3.8) is 0 Å². The van der Waals surface area contributed by atoms with Gasteiger partial charge in [0.05, 0.1) is 0 Å². The molecule has 4 fully saturated rings. The van der Waals surface area contributed by atoms with Gasteiger partial charge in [-0.25, -0.2) is 0 Å². The lowest BCUT2D eigenvalue weighted by atomic mass is 9.67. The van der Waals surface area contributed by atoms with Crippen molar-refractivity contribution in [2.24, 2.45) is 23.7 Å². The lowest BCUT2D eigenvalue weighted by molar-refractivity contribution is 0.165. The highest BCUT2D eigenvalue weighted by molar-refractivity contribution is 6.09. The van der Waals surface area contributed by atoms with E-state index in [0.29, 0.717) is 0 Å². The van der Waals surface area contributed by atoms with E-state index in [2.05, 4.69) is 155 Å². The molecule has 2 heteroatoms. The molecule has 6 atom stereocenters. The van der Waals surface area contributed by atoms with E-state index < -0.39 is 0 Å². The van der Waals surface area contributed by atoms with Crippen LogP contribution in [0.4, 0.5) is 34.1 Å². The van der Waals surface area contributed by atoms with Crippen molar-refractivity contribution in [3.05, 3.63) is 168 Å². The monoisotopic (exact) mass is 752 g/mol. The molecule has 7 aromatic rings. The Balaban J connectivity index is 0.887. The Morgan fingerprint density at radius 2 is 0.621 bits per heavy atom. The summed E-state index contributed by atoms with van der Waals surface area (Å²) in [6.07, 6.45) is 14.1. The number of rotatable bonds is 6. The van der Waals surface area contributed by atoms with Gasteiger partial charge in [-0.15, -0.1) is 0 Å². The van der Waals surface area contributed by atoms with Crippen molar-refractivity contribution in [2.75, 3.05) is 9.80 Å². The highest BCUT2D eigenvalue weighted by Crippen LogP contribution is 2.58. The van der Waals surface area contributed by atoms with Crippen molar-refractivity contribution >= 4 is 55.7 Å². The normalized spacial score (nSPS) is 27.3. The van der Waals surface area contributed by atoms with E-state index in [4.69, 9.17) is 0 Å². The zero-order valence-corrected chi connectivity index (χ0v) is 33.4. The van der Waals surface area contributed by atoms with E-state index in [1.54, 1.807) is 22.3 Å². The molecule has 0 saturated heterocycles. The van der Waals surface area contributed by atoms with E-state index in [0.717, 1.165) is 47.3 Å². The van der Waals surface area contributed by atoms with Gasteiger partial charge in [-0.3, -0.25) is 0 Å². The number of fused-ring (bicyclic) bond motifs is 3. The van der Waals surface area contributed by atoms with Crippen LogP contribution in [-0.4, -0.2) is 0 Å². The molecule has 0 spiro atoms. The highest BCUT2D eigenvalue weighted by Gasteiger charge is 2.43. The van der Waals surface area contributed by atoms with E-state index in [-0.39, 0.29) is 0 Å².